The van der Waals surface area contributed by atoms with Crippen LogP contribution in [0.15, 0.2) is 12.1 Å². The largest absolute Gasteiger partial charge is 0.493 e. The van der Waals surface area contributed by atoms with Gasteiger partial charge in [0, 0.05) is 5.92 Å². The smallest absolute Gasteiger partial charge is 0.417 e. The van der Waals surface area contributed by atoms with Crippen LogP contribution in [0.3, 0.4) is 0 Å². The quantitative estimate of drug-likeness (QED) is 0.600. The monoisotopic (exact) mass is 437 g/mol. The van der Waals surface area contributed by atoms with Gasteiger partial charge in [-0.05, 0) is 58.2 Å². The van der Waals surface area contributed by atoms with Crippen LogP contribution in [-0.2, 0) is 25.5 Å². The van der Waals surface area contributed by atoms with E-state index < -0.39 is 35.5 Å². The summed E-state index contributed by atoms with van der Waals surface area (Å²) in [4.78, 5) is 39.2. The summed E-state index contributed by atoms with van der Waals surface area (Å²) in [6.45, 7) is 6.89. The highest BCUT2D eigenvalue weighted by molar-refractivity contribution is 6.00. The number of rotatable bonds is 7. The number of imide groups is 1. The molecule has 2 rings (SSSR count). The minimum atomic E-state index is -1.03. The number of hydrogen-bond donors (Lipinski definition) is 0. The molecule has 172 valence electrons. The van der Waals surface area contributed by atoms with Gasteiger partial charge in [0.15, 0.2) is 11.5 Å². The number of likely N-dealkylation sites (tertiary alicyclic amines) is 1. The standard InChI is InChI=1S/C22H31NO8/c1-8-30-20(25)15-12-14(19(24)23(15)21(26)31-22(2,3)4)9-13-10-16(27-5)18(29-7)17(11-13)28-6/h10-11,14-15H,8-9,12H2,1-7H3/t14-,15+/m0/s1. The molecule has 9 heteroatoms. The van der Waals surface area contributed by atoms with Gasteiger partial charge in [0.05, 0.1) is 27.9 Å². The van der Waals surface area contributed by atoms with Gasteiger partial charge in [0.2, 0.25) is 11.7 Å². The second-order valence-corrected chi connectivity index (χ2v) is 8.13. The Balaban J connectivity index is 2.34. The molecule has 9 nitrogen and oxygen atoms in total. The number of esters is 1. The first-order chi connectivity index (χ1) is 14.6. The number of ether oxygens (including phenoxy) is 5. The average Bonchev–Trinajstić information content (AvgIpc) is 3.02. The molecule has 1 heterocycles. The van der Waals surface area contributed by atoms with Crippen molar-refractivity contribution >= 4 is 18.0 Å². The number of carbonyl (C=O) groups is 3. The molecule has 0 bridgehead atoms. The molecule has 2 atom stereocenters. The van der Waals surface area contributed by atoms with Gasteiger partial charge in [-0.25, -0.2) is 14.5 Å². The second-order valence-electron chi connectivity index (χ2n) is 8.13. The molecule has 1 aliphatic rings. The summed E-state index contributed by atoms with van der Waals surface area (Å²) < 4.78 is 26.5. The SMILES string of the molecule is CCOC(=O)[C@H]1C[C@H](Cc2cc(OC)c(OC)c(OC)c2)C(=O)N1C(=O)OC(C)(C)C. The first-order valence-corrected chi connectivity index (χ1v) is 10.1. The van der Waals surface area contributed by atoms with Crippen molar-refractivity contribution in [1.82, 2.24) is 4.90 Å². The Bertz CT molecular complexity index is 804. The predicted octanol–water partition coefficient (Wildman–Crippen LogP) is 2.97. The average molecular weight is 437 g/mol. The lowest BCUT2D eigenvalue weighted by Crippen LogP contribution is -2.46. The molecule has 1 fully saturated rings. The Morgan fingerprint density at radius 3 is 2.10 bits per heavy atom. The van der Waals surface area contributed by atoms with Crippen LogP contribution in [0.5, 0.6) is 17.2 Å². The summed E-state index contributed by atoms with van der Waals surface area (Å²) in [5, 5.41) is 0. The molecule has 0 saturated carbocycles. The number of hydrogen-bond acceptors (Lipinski definition) is 8. The third kappa shape index (κ3) is 5.59. The summed E-state index contributed by atoms with van der Waals surface area (Å²) in [7, 11) is 4.51. The molecule has 0 aromatic heterocycles. The Labute approximate surface area is 182 Å². The lowest BCUT2D eigenvalue weighted by molar-refractivity contribution is -0.151. The normalized spacial score (nSPS) is 18.5. The second kappa shape index (κ2) is 9.89. The fraction of sp³-hybridized carbons (Fsp3) is 0.591. The van der Waals surface area contributed by atoms with E-state index in [2.05, 4.69) is 0 Å². The zero-order valence-corrected chi connectivity index (χ0v) is 19.1. The van der Waals surface area contributed by atoms with Crippen LogP contribution in [0, 0.1) is 5.92 Å². The maximum Gasteiger partial charge on any atom is 0.417 e. The highest BCUT2D eigenvalue weighted by Gasteiger charge is 2.48. The molecule has 0 aliphatic carbocycles. The van der Waals surface area contributed by atoms with Gasteiger partial charge >= 0.3 is 12.1 Å². The van der Waals surface area contributed by atoms with Crippen molar-refractivity contribution < 1.29 is 38.1 Å². The molecule has 1 aromatic rings. The van der Waals surface area contributed by atoms with E-state index in [1.165, 1.54) is 21.3 Å². The van der Waals surface area contributed by atoms with E-state index in [0.29, 0.717) is 17.2 Å². The number of benzene rings is 1. The molecule has 1 aromatic carbocycles. The molecular weight excluding hydrogens is 406 g/mol. The van der Waals surface area contributed by atoms with Crippen LogP contribution in [-0.4, -0.2) is 62.4 Å². The van der Waals surface area contributed by atoms with Crippen LogP contribution >= 0.6 is 0 Å². The maximum absolute atomic E-state index is 13.1. The molecular formula is C22H31NO8. The molecule has 0 unspecified atom stereocenters. The topological polar surface area (TPSA) is 101 Å². The van der Waals surface area contributed by atoms with Gasteiger partial charge < -0.3 is 23.7 Å². The van der Waals surface area contributed by atoms with Crippen LogP contribution in [0.25, 0.3) is 0 Å². The maximum atomic E-state index is 13.1. The summed E-state index contributed by atoms with van der Waals surface area (Å²) in [6, 6.07) is 2.45. The predicted molar refractivity (Wildman–Crippen MR) is 111 cm³/mol. The Morgan fingerprint density at radius 2 is 1.65 bits per heavy atom. The van der Waals surface area contributed by atoms with Gasteiger partial charge in [-0.15, -0.1) is 0 Å². The number of nitrogens with zero attached hydrogens (tertiary/aromatic N) is 1. The van der Waals surface area contributed by atoms with Gasteiger partial charge in [-0.3, -0.25) is 4.79 Å². The van der Waals surface area contributed by atoms with E-state index >= 15 is 0 Å². The minimum Gasteiger partial charge on any atom is -0.493 e. The molecule has 1 aliphatic heterocycles. The van der Waals surface area contributed by atoms with E-state index in [1.54, 1.807) is 39.8 Å². The highest BCUT2D eigenvalue weighted by Crippen LogP contribution is 2.40. The lowest BCUT2D eigenvalue weighted by Gasteiger charge is -2.26. The third-order valence-electron chi connectivity index (χ3n) is 4.76. The Hall–Kier alpha value is -2.97. The Morgan fingerprint density at radius 1 is 1.06 bits per heavy atom. The lowest BCUT2D eigenvalue weighted by atomic mass is 9.95. The minimum absolute atomic E-state index is 0.133. The zero-order chi connectivity index (χ0) is 23.3. The first-order valence-electron chi connectivity index (χ1n) is 10.1. The number of carbonyl (C=O) groups excluding carboxylic acids is 3. The molecule has 0 radical (unpaired) electrons. The van der Waals surface area contributed by atoms with Crippen molar-refractivity contribution in [3.8, 4) is 17.2 Å². The van der Waals surface area contributed by atoms with Gasteiger partial charge in [0.1, 0.15) is 11.6 Å². The summed E-state index contributed by atoms with van der Waals surface area (Å²) >= 11 is 0. The fourth-order valence-corrected chi connectivity index (χ4v) is 3.50. The highest BCUT2D eigenvalue weighted by atomic mass is 16.6. The van der Waals surface area contributed by atoms with E-state index in [0.717, 1.165) is 10.5 Å². The van der Waals surface area contributed by atoms with Crippen molar-refractivity contribution in [2.45, 2.75) is 52.2 Å². The molecule has 31 heavy (non-hydrogen) atoms. The van der Waals surface area contributed by atoms with E-state index in [4.69, 9.17) is 23.7 Å². The van der Waals surface area contributed by atoms with E-state index in [-0.39, 0.29) is 19.4 Å². The van der Waals surface area contributed by atoms with E-state index in [9.17, 15) is 14.4 Å². The van der Waals surface area contributed by atoms with Crippen LogP contribution < -0.4 is 14.2 Å². The number of methoxy groups -OCH3 is 3. The van der Waals surface area contributed by atoms with Gasteiger partial charge in [0.25, 0.3) is 0 Å². The van der Waals surface area contributed by atoms with Crippen LogP contribution in [0.1, 0.15) is 39.7 Å². The third-order valence-corrected chi connectivity index (χ3v) is 4.76. The van der Waals surface area contributed by atoms with Gasteiger partial charge in [-0.1, -0.05) is 0 Å². The Kier molecular flexibility index (Phi) is 7.75. The molecule has 0 N–H and O–H groups in total. The van der Waals surface area contributed by atoms with Crippen molar-refractivity contribution in [3.05, 3.63) is 17.7 Å². The van der Waals surface area contributed by atoms with Crippen LogP contribution in [0.4, 0.5) is 4.79 Å². The first kappa shape index (κ1) is 24.3. The summed E-state index contributed by atoms with van der Waals surface area (Å²) in [6.07, 6.45) is -0.457. The van der Waals surface area contributed by atoms with Crippen molar-refractivity contribution in [2.24, 2.45) is 5.92 Å². The summed E-state index contributed by atoms with van der Waals surface area (Å²) in [5.74, 6) is -0.396. The molecule has 2 amide bonds. The van der Waals surface area contributed by atoms with Crippen LogP contribution in [0.2, 0.25) is 0 Å². The van der Waals surface area contributed by atoms with Crippen molar-refractivity contribution in [1.29, 1.82) is 0 Å². The molecule has 0 spiro atoms. The zero-order valence-electron chi connectivity index (χ0n) is 19.1. The van der Waals surface area contributed by atoms with E-state index in [1.807, 2.05) is 0 Å². The number of amides is 2. The van der Waals surface area contributed by atoms with Gasteiger partial charge in [-0.2, -0.15) is 0 Å². The molecule has 1 saturated heterocycles. The van der Waals surface area contributed by atoms with Crippen molar-refractivity contribution in [2.75, 3.05) is 27.9 Å². The summed E-state index contributed by atoms with van der Waals surface area (Å²) in [5.41, 5.74) is -0.0766. The van der Waals surface area contributed by atoms with Crippen molar-refractivity contribution in [3.63, 3.8) is 0 Å². The fourth-order valence-electron chi connectivity index (χ4n) is 3.50.